The van der Waals surface area contributed by atoms with Gasteiger partial charge in [-0.1, -0.05) is 24.3 Å². The van der Waals surface area contributed by atoms with Crippen LogP contribution in [-0.4, -0.2) is 20.1 Å². The number of rotatable bonds is 5. The Kier molecular flexibility index (Phi) is 5.45. The zero-order valence-electron chi connectivity index (χ0n) is 13.8. The summed E-state index contributed by atoms with van der Waals surface area (Å²) in [4.78, 5) is 11.9. The van der Waals surface area contributed by atoms with Crippen molar-refractivity contribution in [3.05, 3.63) is 59.2 Å². The van der Waals surface area contributed by atoms with Crippen LogP contribution in [0.25, 0.3) is 0 Å². The number of hydrogen-bond donors (Lipinski definition) is 1. The molecule has 132 valence electrons. The molecule has 1 N–H and O–H groups in total. The highest BCUT2D eigenvalue weighted by Gasteiger charge is 2.19. The van der Waals surface area contributed by atoms with Gasteiger partial charge in [0.25, 0.3) is 0 Å². The van der Waals surface area contributed by atoms with Gasteiger partial charge >= 0.3 is 0 Å². The summed E-state index contributed by atoms with van der Waals surface area (Å²) in [5.74, 6) is 0.484. The molecule has 25 heavy (non-hydrogen) atoms. The van der Waals surface area contributed by atoms with E-state index in [1.54, 1.807) is 18.2 Å². The smallest absolute Gasteiger partial charge is 0.224 e. The summed E-state index contributed by atoms with van der Waals surface area (Å²) in [5.41, 5.74) is 3.59. The minimum Gasteiger partial charge on any atom is -0.326 e. The van der Waals surface area contributed by atoms with Gasteiger partial charge in [0.1, 0.15) is 0 Å². The summed E-state index contributed by atoms with van der Waals surface area (Å²) < 4.78 is 25.3. The molecular weight excluding hydrogens is 358 g/mol. The van der Waals surface area contributed by atoms with E-state index in [9.17, 15) is 13.2 Å². The second-order valence-electron chi connectivity index (χ2n) is 6.24. The van der Waals surface area contributed by atoms with Gasteiger partial charge in [-0.2, -0.15) is 0 Å². The maximum atomic E-state index is 12.7. The summed E-state index contributed by atoms with van der Waals surface area (Å²) in [6.45, 7) is 0. The minimum atomic E-state index is -3.37. The first-order chi connectivity index (χ1) is 12.0. The predicted molar refractivity (Wildman–Crippen MR) is 99.8 cm³/mol. The largest absolute Gasteiger partial charge is 0.326 e. The summed E-state index contributed by atoms with van der Waals surface area (Å²) >= 11 is 5.77. The molecule has 6 heteroatoms. The summed E-state index contributed by atoms with van der Waals surface area (Å²) in [5, 5.41) is 2.83. The van der Waals surface area contributed by atoms with Crippen molar-refractivity contribution < 1.29 is 13.2 Å². The molecule has 4 nitrogen and oxygen atoms in total. The van der Waals surface area contributed by atoms with Crippen LogP contribution >= 0.6 is 11.6 Å². The maximum Gasteiger partial charge on any atom is 0.224 e. The molecular formula is C19H20ClNO3S. The third kappa shape index (κ3) is 4.41. The SMILES string of the molecule is O=C1CCCc2cc(S(=O)(=O)CCc3ccc(CCl)cc3)ccc2N1. The van der Waals surface area contributed by atoms with E-state index in [1.165, 1.54) is 0 Å². The molecule has 3 rings (SSSR count). The van der Waals surface area contributed by atoms with Gasteiger partial charge in [-0.25, -0.2) is 8.42 Å². The summed E-state index contributed by atoms with van der Waals surface area (Å²) in [6, 6.07) is 12.6. The van der Waals surface area contributed by atoms with E-state index in [0.717, 1.165) is 28.8 Å². The Morgan fingerprint density at radius 1 is 1.00 bits per heavy atom. The fourth-order valence-corrected chi connectivity index (χ4v) is 4.43. The molecule has 1 aliphatic rings. The molecule has 0 spiro atoms. The summed E-state index contributed by atoms with van der Waals surface area (Å²) in [6.07, 6.45) is 2.36. The van der Waals surface area contributed by atoms with E-state index in [0.29, 0.717) is 30.0 Å². The number of carbonyl (C=O) groups is 1. The van der Waals surface area contributed by atoms with E-state index in [1.807, 2.05) is 24.3 Å². The van der Waals surface area contributed by atoms with Crippen molar-refractivity contribution in [2.45, 2.75) is 36.5 Å². The lowest BCUT2D eigenvalue weighted by Gasteiger charge is -2.10. The van der Waals surface area contributed by atoms with Crippen LogP contribution in [0.5, 0.6) is 0 Å². The van der Waals surface area contributed by atoms with Gasteiger partial charge in [0, 0.05) is 18.0 Å². The second-order valence-corrected chi connectivity index (χ2v) is 8.62. The van der Waals surface area contributed by atoms with Gasteiger partial charge in [-0.15, -0.1) is 11.6 Å². The number of benzene rings is 2. The number of nitrogens with one attached hydrogen (secondary N) is 1. The molecule has 0 saturated carbocycles. The van der Waals surface area contributed by atoms with Crippen LogP contribution in [0.2, 0.25) is 0 Å². The van der Waals surface area contributed by atoms with Crippen molar-refractivity contribution in [1.29, 1.82) is 0 Å². The normalized spacial score (nSPS) is 14.5. The first-order valence-corrected chi connectivity index (χ1v) is 10.5. The van der Waals surface area contributed by atoms with Crippen LogP contribution in [0, 0.1) is 0 Å². The van der Waals surface area contributed by atoms with Crippen molar-refractivity contribution in [1.82, 2.24) is 0 Å². The Morgan fingerprint density at radius 3 is 2.44 bits per heavy atom. The molecule has 0 fully saturated rings. The molecule has 2 aromatic carbocycles. The lowest BCUT2D eigenvalue weighted by atomic mass is 10.1. The molecule has 0 aromatic heterocycles. The van der Waals surface area contributed by atoms with E-state index in [4.69, 9.17) is 11.6 Å². The van der Waals surface area contributed by atoms with E-state index >= 15 is 0 Å². The molecule has 1 amide bonds. The third-order valence-corrected chi connectivity index (χ3v) is 6.42. The maximum absolute atomic E-state index is 12.7. The minimum absolute atomic E-state index is 0.0188. The van der Waals surface area contributed by atoms with Crippen LogP contribution in [0.4, 0.5) is 5.69 Å². The van der Waals surface area contributed by atoms with Gasteiger partial charge in [0.15, 0.2) is 9.84 Å². The number of halogens is 1. The van der Waals surface area contributed by atoms with Gasteiger partial charge in [0.05, 0.1) is 10.6 Å². The standard InChI is InChI=1S/C19H20ClNO3S/c20-13-15-6-4-14(5-7-15)10-11-25(23,24)17-8-9-18-16(12-17)2-1-3-19(22)21-18/h4-9,12H,1-3,10-11,13H2,(H,21,22). The number of aryl methyl sites for hydroxylation is 2. The average Bonchev–Trinajstić information content (AvgIpc) is 2.80. The summed E-state index contributed by atoms with van der Waals surface area (Å²) in [7, 11) is -3.37. The van der Waals surface area contributed by atoms with Crippen molar-refractivity contribution in [2.24, 2.45) is 0 Å². The van der Waals surface area contributed by atoms with Crippen LogP contribution in [0.1, 0.15) is 29.5 Å². The lowest BCUT2D eigenvalue weighted by Crippen LogP contribution is -2.11. The topological polar surface area (TPSA) is 63.2 Å². The molecule has 0 bridgehead atoms. The molecule has 0 unspecified atom stereocenters. The Balaban J connectivity index is 1.75. The highest BCUT2D eigenvalue weighted by Crippen LogP contribution is 2.26. The van der Waals surface area contributed by atoms with Gasteiger partial charge in [0.2, 0.25) is 5.91 Å². The molecule has 0 radical (unpaired) electrons. The van der Waals surface area contributed by atoms with Crippen LogP contribution in [0.3, 0.4) is 0 Å². The van der Waals surface area contributed by atoms with E-state index in [-0.39, 0.29) is 11.7 Å². The van der Waals surface area contributed by atoms with Crippen molar-refractivity contribution >= 4 is 33.0 Å². The highest BCUT2D eigenvalue weighted by molar-refractivity contribution is 7.91. The third-order valence-electron chi connectivity index (χ3n) is 4.40. The molecule has 1 aliphatic heterocycles. The quantitative estimate of drug-likeness (QED) is 0.808. The highest BCUT2D eigenvalue weighted by atomic mass is 35.5. The van der Waals surface area contributed by atoms with Gasteiger partial charge in [-0.3, -0.25) is 4.79 Å². The van der Waals surface area contributed by atoms with Gasteiger partial charge in [-0.05, 0) is 54.2 Å². The Bertz CT molecular complexity index is 876. The fraction of sp³-hybridized carbons (Fsp3) is 0.316. The Hall–Kier alpha value is -1.85. The Morgan fingerprint density at radius 2 is 1.72 bits per heavy atom. The number of carbonyl (C=O) groups excluding carboxylic acids is 1. The lowest BCUT2D eigenvalue weighted by molar-refractivity contribution is -0.116. The zero-order chi connectivity index (χ0) is 17.9. The molecule has 1 heterocycles. The van der Waals surface area contributed by atoms with Crippen LogP contribution in [0.15, 0.2) is 47.4 Å². The van der Waals surface area contributed by atoms with Crippen LogP contribution in [-0.2, 0) is 33.4 Å². The van der Waals surface area contributed by atoms with E-state index < -0.39 is 9.84 Å². The zero-order valence-corrected chi connectivity index (χ0v) is 15.4. The first kappa shape index (κ1) is 18.0. The number of amides is 1. The number of hydrogen-bond acceptors (Lipinski definition) is 3. The van der Waals surface area contributed by atoms with E-state index in [2.05, 4.69) is 5.32 Å². The first-order valence-electron chi connectivity index (χ1n) is 8.27. The van der Waals surface area contributed by atoms with Crippen LogP contribution < -0.4 is 5.32 Å². The second kappa shape index (κ2) is 7.58. The Labute approximate surface area is 153 Å². The molecule has 2 aromatic rings. The van der Waals surface area contributed by atoms with Crippen molar-refractivity contribution in [2.75, 3.05) is 11.1 Å². The predicted octanol–water partition coefficient (Wildman–Crippen LogP) is 3.72. The van der Waals surface area contributed by atoms with Crippen molar-refractivity contribution in [3.8, 4) is 0 Å². The van der Waals surface area contributed by atoms with Gasteiger partial charge < -0.3 is 5.32 Å². The molecule has 0 atom stereocenters. The average molecular weight is 378 g/mol. The number of fused-ring (bicyclic) bond motifs is 1. The number of alkyl halides is 1. The van der Waals surface area contributed by atoms with Crippen molar-refractivity contribution in [3.63, 3.8) is 0 Å². The monoisotopic (exact) mass is 377 g/mol. The fourth-order valence-electron chi connectivity index (χ4n) is 2.91. The molecule has 0 saturated heterocycles. The molecule has 0 aliphatic carbocycles. The number of sulfone groups is 1. The number of anilines is 1.